The maximum Gasteiger partial charge on any atom is 0.242 e. The van der Waals surface area contributed by atoms with Gasteiger partial charge in [0.2, 0.25) is 11.8 Å². The van der Waals surface area contributed by atoms with E-state index in [0.717, 1.165) is 0 Å². The van der Waals surface area contributed by atoms with Crippen LogP contribution in [0.3, 0.4) is 0 Å². The summed E-state index contributed by atoms with van der Waals surface area (Å²) < 4.78 is 5.77. The molecule has 20 heavy (non-hydrogen) atoms. The number of hydrogen-bond donors (Lipinski definition) is 2. The van der Waals surface area contributed by atoms with Crippen LogP contribution in [0.25, 0.3) is 0 Å². The Hall–Kier alpha value is -1.10. The maximum atomic E-state index is 11.7. The topological polar surface area (TPSA) is 81.4 Å². The minimum Gasteiger partial charge on any atom is -0.376 e. The van der Waals surface area contributed by atoms with Crippen LogP contribution in [-0.2, 0) is 14.3 Å². The van der Waals surface area contributed by atoms with E-state index >= 15 is 0 Å². The van der Waals surface area contributed by atoms with Gasteiger partial charge in [-0.3, -0.25) is 9.59 Å². The van der Waals surface area contributed by atoms with Gasteiger partial charge in [-0.15, -0.1) is 0 Å². The first-order valence-electron chi connectivity index (χ1n) is 7.63. The Morgan fingerprint density at radius 2 is 1.80 bits per heavy atom. The van der Waals surface area contributed by atoms with Crippen molar-refractivity contribution in [2.24, 2.45) is 17.6 Å². The number of ether oxygens (including phenoxy) is 1. The van der Waals surface area contributed by atoms with Crippen molar-refractivity contribution in [3.8, 4) is 0 Å². The number of carbonyl (C=O) groups excluding carboxylic acids is 2. The van der Waals surface area contributed by atoms with E-state index in [-0.39, 0.29) is 11.8 Å². The highest BCUT2D eigenvalue weighted by Crippen LogP contribution is 2.24. The minimum absolute atomic E-state index is 0.178. The Morgan fingerprint density at radius 3 is 2.30 bits per heavy atom. The molecule has 0 radical (unpaired) electrons. The predicted molar refractivity (Wildman–Crippen MR) is 78.0 cm³/mol. The highest BCUT2D eigenvalue weighted by Gasteiger charge is 2.27. The van der Waals surface area contributed by atoms with Crippen molar-refractivity contribution >= 4 is 11.8 Å². The number of amides is 2. The number of rotatable bonds is 7. The van der Waals surface area contributed by atoms with Crippen molar-refractivity contribution in [3.05, 3.63) is 0 Å². The van der Waals surface area contributed by atoms with Gasteiger partial charge in [-0.1, -0.05) is 33.1 Å². The van der Waals surface area contributed by atoms with Gasteiger partial charge in [-0.25, -0.2) is 0 Å². The van der Waals surface area contributed by atoms with E-state index in [1.807, 2.05) is 0 Å². The lowest BCUT2D eigenvalue weighted by Gasteiger charge is -2.27. The molecule has 5 nitrogen and oxygen atoms in total. The summed E-state index contributed by atoms with van der Waals surface area (Å²) in [6.07, 6.45) is 5.80. The van der Waals surface area contributed by atoms with Crippen molar-refractivity contribution in [2.45, 2.75) is 65.0 Å². The summed E-state index contributed by atoms with van der Waals surface area (Å²) in [5.74, 6) is -0.333. The minimum atomic E-state index is -0.756. The van der Waals surface area contributed by atoms with Crippen LogP contribution in [0.2, 0.25) is 0 Å². The number of nitrogens with one attached hydrogen (secondary N) is 1. The fourth-order valence-corrected chi connectivity index (χ4v) is 2.48. The fraction of sp³-hybridized carbons (Fsp3) is 0.867. The first-order chi connectivity index (χ1) is 9.41. The zero-order valence-electron chi connectivity index (χ0n) is 12.9. The summed E-state index contributed by atoms with van der Waals surface area (Å²) in [5, 5.41) is 2.66. The lowest BCUT2D eigenvalue weighted by atomic mass is 9.90. The van der Waals surface area contributed by atoms with Gasteiger partial charge >= 0.3 is 0 Å². The van der Waals surface area contributed by atoms with E-state index in [0.29, 0.717) is 12.5 Å². The van der Waals surface area contributed by atoms with Gasteiger partial charge in [0, 0.05) is 12.5 Å². The molecule has 0 bridgehead atoms. The summed E-state index contributed by atoms with van der Waals surface area (Å²) in [4.78, 5) is 23.2. The number of carbonyl (C=O) groups is 2. The molecule has 5 heteroatoms. The average Bonchev–Trinajstić information content (AvgIpc) is 2.42. The smallest absolute Gasteiger partial charge is 0.242 e. The molecule has 0 aliphatic heterocycles. The van der Waals surface area contributed by atoms with Crippen LogP contribution in [0.5, 0.6) is 0 Å². The Labute approximate surface area is 121 Å². The standard InChI is InChI=1S/C15H28N2O3/c1-10(2)15(19)17-13(14(16)18)11(3)20-9-12-7-5-4-6-8-12/h10-13H,4-9H2,1-3H3,(H2,16,18)(H,17,19). The van der Waals surface area contributed by atoms with Crippen LogP contribution >= 0.6 is 0 Å². The van der Waals surface area contributed by atoms with Crippen LogP contribution in [0.4, 0.5) is 0 Å². The highest BCUT2D eigenvalue weighted by molar-refractivity contribution is 5.87. The molecule has 0 aromatic heterocycles. The monoisotopic (exact) mass is 284 g/mol. The molecule has 1 aliphatic rings. The van der Waals surface area contributed by atoms with Gasteiger partial charge in [0.05, 0.1) is 6.10 Å². The fourth-order valence-electron chi connectivity index (χ4n) is 2.48. The van der Waals surface area contributed by atoms with Crippen molar-refractivity contribution in [1.82, 2.24) is 5.32 Å². The summed E-state index contributed by atoms with van der Waals surface area (Å²) in [7, 11) is 0. The highest BCUT2D eigenvalue weighted by atomic mass is 16.5. The van der Waals surface area contributed by atoms with E-state index in [4.69, 9.17) is 10.5 Å². The summed E-state index contributed by atoms with van der Waals surface area (Å²) in [6, 6.07) is -0.756. The molecule has 3 N–H and O–H groups in total. The third-order valence-corrected chi connectivity index (χ3v) is 3.92. The lowest BCUT2D eigenvalue weighted by Crippen LogP contribution is -2.52. The van der Waals surface area contributed by atoms with E-state index in [2.05, 4.69) is 5.32 Å². The molecule has 0 heterocycles. The van der Waals surface area contributed by atoms with E-state index in [9.17, 15) is 9.59 Å². The van der Waals surface area contributed by atoms with Crippen molar-refractivity contribution in [3.63, 3.8) is 0 Å². The van der Waals surface area contributed by atoms with Crippen LogP contribution in [0.1, 0.15) is 52.9 Å². The number of nitrogens with two attached hydrogens (primary N) is 1. The van der Waals surface area contributed by atoms with Crippen molar-refractivity contribution in [1.29, 1.82) is 0 Å². The second kappa shape index (κ2) is 8.25. The van der Waals surface area contributed by atoms with Crippen LogP contribution < -0.4 is 11.1 Å². The predicted octanol–water partition coefficient (Wildman–Crippen LogP) is 1.60. The molecule has 1 saturated carbocycles. The molecule has 0 aromatic carbocycles. The van der Waals surface area contributed by atoms with Crippen molar-refractivity contribution < 1.29 is 14.3 Å². The molecule has 2 atom stereocenters. The zero-order chi connectivity index (χ0) is 15.1. The first-order valence-corrected chi connectivity index (χ1v) is 7.63. The number of hydrogen-bond acceptors (Lipinski definition) is 3. The normalized spacial score (nSPS) is 19.6. The second-order valence-electron chi connectivity index (χ2n) is 6.09. The molecule has 116 valence electrons. The van der Waals surface area contributed by atoms with E-state index in [1.54, 1.807) is 20.8 Å². The van der Waals surface area contributed by atoms with Crippen LogP contribution in [0.15, 0.2) is 0 Å². The quantitative estimate of drug-likeness (QED) is 0.745. The van der Waals surface area contributed by atoms with Gasteiger partial charge < -0.3 is 15.8 Å². The molecule has 1 fully saturated rings. The van der Waals surface area contributed by atoms with Crippen molar-refractivity contribution in [2.75, 3.05) is 6.61 Å². The van der Waals surface area contributed by atoms with Gasteiger partial charge in [-0.2, -0.15) is 0 Å². The molecular weight excluding hydrogens is 256 g/mol. The Bertz CT molecular complexity index is 325. The molecule has 0 saturated heterocycles. The third-order valence-electron chi connectivity index (χ3n) is 3.92. The molecule has 1 aliphatic carbocycles. The van der Waals surface area contributed by atoms with Gasteiger partial charge in [0.15, 0.2) is 0 Å². The SMILES string of the molecule is CC(C)C(=O)NC(C(N)=O)C(C)OCC1CCCCC1. The summed E-state index contributed by atoms with van der Waals surface area (Å²) in [6.45, 7) is 5.99. The summed E-state index contributed by atoms with van der Waals surface area (Å²) >= 11 is 0. The van der Waals surface area contributed by atoms with Crippen LogP contribution in [0, 0.1) is 11.8 Å². The molecule has 1 rings (SSSR count). The third kappa shape index (κ3) is 5.49. The molecular formula is C15H28N2O3. The Morgan fingerprint density at radius 1 is 1.20 bits per heavy atom. The average molecular weight is 284 g/mol. The second-order valence-corrected chi connectivity index (χ2v) is 6.09. The van der Waals surface area contributed by atoms with Gasteiger partial charge in [-0.05, 0) is 25.7 Å². The molecule has 2 unspecified atom stereocenters. The molecule has 0 aromatic rings. The van der Waals surface area contributed by atoms with Crippen LogP contribution in [-0.4, -0.2) is 30.6 Å². The van der Waals surface area contributed by atoms with Gasteiger partial charge in [0.1, 0.15) is 6.04 Å². The maximum absolute atomic E-state index is 11.7. The first kappa shape index (κ1) is 17.0. The Kier molecular flexibility index (Phi) is 6.99. The summed E-state index contributed by atoms with van der Waals surface area (Å²) in [5.41, 5.74) is 5.36. The lowest BCUT2D eigenvalue weighted by molar-refractivity contribution is -0.132. The van der Waals surface area contributed by atoms with Gasteiger partial charge in [0.25, 0.3) is 0 Å². The molecule has 0 spiro atoms. The van der Waals surface area contributed by atoms with E-state index < -0.39 is 18.1 Å². The largest absolute Gasteiger partial charge is 0.376 e. The van der Waals surface area contributed by atoms with E-state index in [1.165, 1.54) is 32.1 Å². The zero-order valence-corrected chi connectivity index (χ0v) is 12.9. The molecule has 2 amide bonds. The number of primary amides is 1. The Balaban J connectivity index is 2.44.